The third kappa shape index (κ3) is 4.61. The van der Waals surface area contributed by atoms with Gasteiger partial charge < -0.3 is 14.5 Å². The zero-order valence-corrected chi connectivity index (χ0v) is 19.0. The van der Waals surface area contributed by atoms with E-state index < -0.39 is 5.97 Å². The van der Waals surface area contributed by atoms with Crippen LogP contribution < -0.4 is 5.32 Å². The Balaban J connectivity index is 1.51. The number of esters is 1. The Morgan fingerprint density at radius 3 is 2.72 bits per heavy atom. The van der Waals surface area contributed by atoms with Crippen molar-refractivity contribution in [2.24, 2.45) is 0 Å². The highest BCUT2D eigenvalue weighted by Crippen LogP contribution is 2.36. The monoisotopic (exact) mass is 468 g/mol. The van der Waals surface area contributed by atoms with E-state index >= 15 is 0 Å². The van der Waals surface area contributed by atoms with Crippen molar-refractivity contribution in [2.45, 2.75) is 19.0 Å². The van der Waals surface area contributed by atoms with Crippen LogP contribution in [0, 0.1) is 6.92 Å². The first-order valence-corrected chi connectivity index (χ1v) is 11.7. The number of hydrogen-bond acceptors (Lipinski definition) is 8. The molecule has 1 N–H and O–H groups in total. The fraction of sp³-hybridized carbons (Fsp3) is 0.182. The van der Waals surface area contributed by atoms with Crippen molar-refractivity contribution in [1.29, 1.82) is 0 Å². The Bertz CT molecular complexity index is 1220. The van der Waals surface area contributed by atoms with Gasteiger partial charge in [-0.1, -0.05) is 30.0 Å². The third-order valence-corrected chi connectivity index (χ3v) is 6.28. The molecule has 4 rings (SSSR count). The van der Waals surface area contributed by atoms with Crippen LogP contribution in [0.2, 0.25) is 0 Å². The maximum Gasteiger partial charge on any atom is 0.341 e. The number of para-hydroxylation sites is 1. The molecule has 164 valence electrons. The Kier molecular flexibility index (Phi) is 6.72. The second-order valence-electron chi connectivity index (χ2n) is 6.59. The molecule has 0 fully saturated rings. The van der Waals surface area contributed by atoms with Crippen LogP contribution in [0.1, 0.15) is 23.1 Å². The molecule has 0 saturated carbocycles. The number of benzene rings is 1. The van der Waals surface area contributed by atoms with Gasteiger partial charge in [-0.25, -0.2) is 4.79 Å². The van der Waals surface area contributed by atoms with Crippen molar-refractivity contribution < 1.29 is 18.7 Å². The van der Waals surface area contributed by atoms with Crippen molar-refractivity contribution in [3.8, 4) is 17.0 Å². The van der Waals surface area contributed by atoms with Gasteiger partial charge in [0.2, 0.25) is 5.91 Å². The van der Waals surface area contributed by atoms with Gasteiger partial charge in [-0.05, 0) is 38.1 Å². The number of anilines is 1. The minimum absolute atomic E-state index is 0.0984. The number of ether oxygens (including phenoxy) is 1. The Morgan fingerprint density at radius 1 is 1.19 bits per heavy atom. The first kappa shape index (κ1) is 21.8. The molecule has 3 aromatic heterocycles. The number of hydrogen-bond donors (Lipinski definition) is 1. The van der Waals surface area contributed by atoms with Gasteiger partial charge in [0.25, 0.3) is 0 Å². The predicted molar refractivity (Wildman–Crippen MR) is 123 cm³/mol. The van der Waals surface area contributed by atoms with E-state index in [0.29, 0.717) is 21.5 Å². The summed E-state index contributed by atoms with van der Waals surface area (Å²) in [5.41, 5.74) is 1.79. The van der Waals surface area contributed by atoms with E-state index in [2.05, 4.69) is 15.5 Å². The number of aromatic nitrogens is 3. The predicted octanol–water partition coefficient (Wildman–Crippen LogP) is 4.80. The smallest absolute Gasteiger partial charge is 0.341 e. The molecule has 1 amide bonds. The Labute approximate surface area is 192 Å². The largest absolute Gasteiger partial charge is 0.464 e. The molecule has 32 heavy (non-hydrogen) atoms. The number of amides is 1. The van der Waals surface area contributed by atoms with Gasteiger partial charge >= 0.3 is 5.97 Å². The first-order chi connectivity index (χ1) is 15.6. The van der Waals surface area contributed by atoms with Gasteiger partial charge in [-0.2, -0.15) is 0 Å². The van der Waals surface area contributed by atoms with Crippen molar-refractivity contribution >= 4 is 40.0 Å². The van der Waals surface area contributed by atoms with Gasteiger partial charge in [0.05, 0.1) is 18.6 Å². The third-order valence-electron chi connectivity index (χ3n) is 4.45. The van der Waals surface area contributed by atoms with Crippen LogP contribution in [0.25, 0.3) is 17.0 Å². The van der Waals surface area contributed by atoms with Crippen LogP contribution in [0.4, 0.5) is 5.00 Å². The Hall–Kier alpha value is -3.37. The number of carbonyl (C=O) groups excluding carboxylic acids is 2. The van der Waals surface area contributed by atoms with E-state index in [1.54, 1.807) is 24.4 Å². The minimum Gasteiger partial charge on any atom is -0.464 e. The van der Waals surface area contributed by atoms with E-state index in [1.807, 2.05) is 41.8 Å². The summed E-state index contributed by atoms with van der Waals surface area (Å²) >= 11 is 2.51. The molecule has 1 aromatic carbocycles. The molecule has 0 aliphatic heterocycles. The summed E-state index contributed by atoms with van der Waals surface area (Å²) in [4.78, 5) is 25.3. The van der Waals surface area contributed by atoms with Crippen molar-refractivity contribution in [2.75, 3.05) is 17.7 Å². The summed E-state index contributed by atoms with van der Waals surface area (Å²) in [6.45, 7) is 3.82. The Morgan fingerprint density at radius 2 is 2.00 bits per heavy atom. The van der Waals surface area contributed by atoms with Crippen molar-refractivity contribution in [3.05, 3.63) is 65.5 Å². The molecular formula is C22H20N4O4S2. The average Bonchev–Trinajstić information content (AvgIpc) is 3.53. The van der Waals surface area contributed by atoms with Crippen LogP contribution in [-0.2, 0) is 9.53 Å². The van der Waals surface area contributed by atoms with Crippen molar-refractivity contribution in [3.63, 3.8) is 0 Å². The highest BCUT2D eigenvalue weighted by Gasteiger charge is 2.24. The molecule has 0 saturated heterocycles. The number of nitrogens with one attached hydrogen (secondary N) is 1. The van der Waals surface area contributed by atoms with E-state index in [4.69, 9.17) is 9.15 Å². The zero-order chi connectivity index (χ0) is 22.5. The summed E-state index contributed by atoms with van der Waals surface area (Å²) in [5, 5.41) is 13.9. The number of aryl methyl sites for hydroxylation is 1. The molecule has 10 heteroatoms. The van der Waals surface area contributed by atoms with Crippen molar-refractivity contribution in [1.82, 2.24) is 14.8 Å². The van der Waals surface area contributed by atoms with Gasteiger partial charge in [0, 0.05) is 16.6 Å². The van der Waals surface area contributed by atoms with Crippen LogP contribution in [-0.4, -0.2) is 39.0 Å². The molecule has 0 bridgehead atoms. The van der Waals surface area contributed by atoms with Gasteiger partial charge in [0.15, 0.2) is 5.16 Å². The van der Waals surface area contributed by atoms with Crippen LogP contribution in [0.3, 0.4) is 0 Å². The highest BCUT2D eigenvalue weighted by atomic mass is 32.2. The number of thioether (sulfide) groups is 1. The number of furan rings is 1. The molecular weight excluding hydrogens is 448 g/mol. The number of rotatable bonds is 8. The lowest BCUT2D eigenvalue weighted by molar-refractivity contribution is -0.113. The number of carbonyl (C=O) groups is 2. The maximum atomic E-state index is 12.7. The number of nitrogens with zero attached hydrogens (tertiary/aromatic N) is 3. The van der Waals surface area contributed by atoms with E-state index in [-0.39, 0.29) is 23.8 Å². The fourth-order valence-electron chi connectivity index (χ4n) is 3.07. The van der Waals surface area contributed by atoms with Gasteiger partial charge in [0.1, 0.15) is 22.1 Å². The summed E-state index contributed by atoms with van der Waals surface area (Å²) < 4.78 is 12.5. The second-order valence-corrected chi connectivity index (χ2v) is 8.41. The highest BCUT2D eigenvalue weighted by molar-refractivity contribution is 7.99. The molecule has 0 aliphatic carbocycles. The molecule has 4 aromatic rings. The molecule has 3 heterocycles. The quantitative estimate of drug-likeness (QED) is 0.293. The normalized spacial score (nSPS) is 10.8. The first-order valence-electron chi connectivity index (χ1n) is 9.81. The molecule has 0 atom stereocenters. The lowest BCUT2D eigenvalue weighted by Gasteiger charge is -2.09. The summed E-state index contributed by atoms with van der Waals surface area (Å²) in [7, 11) is 0. The molecule has 0 unspecified atom stereocenters. The standard InChI is InChI=1S/C22H20N4O4S2/c1-3-29-21(28)19-16(17-10-7-11-30-17)12-31-20(19)23-18(27)13-32-22-25-24-14(2)26(22)15-8-5-4-6-9-15/h4-12H,3,13H2,1-2H3,(H,23,27). The molecule has 0 spiro atoms. The van der Waals surface area contributed by atoms with E-state index in [0.717, 1.165) is 11.5 Å². The minimum atomic E-state index is -0.512. The van der Waals surface area contributed by atoms with Crippen LogP contribution >= 0.6 is 23.1 Å². The fourth-order valence-corrected chi connectivity index (χ4v) is 4.82. The summed E-state index contributed by atoms with van der Waals surface area (Å²) in [6, 6.07) is 13.2. The van der Waals surface area contributed by atoms with E-state index in [1.165, 1.54) is 29.4 Å². The SMILES string of the molecule is CCOC(=O)c1c(-c2ccco2)csc1NC(=O)CSc1nnc(C)n1-c1ccccc1. The topological polar surface area (TPSA) is 99.2 Å². The summed E-state index contributed by atoms with van der Waals surface area (Å²) in [6.07, 6.45) is 1.53. The number of thiophene rings is 1. The van der Waals surface area contributed by atoms with Crippen LogP contribution in [0.5, 0.6) is 0 Å². The molecule has 0 aliphatic rings. The molecule has 8 nitrogen and oxygen atoms in total. The maximum absolute atomic E-state index is 12.7. The summed E-state index contributed by atoms with van der Waals surface area (Å²) in [5.74, 6) is 0.577. The lowest BCUT2D eigenvalue weighted by Crippen LogP contribution is -2.16. The lowest BCUT2D eigenvalue weighted by atomic mass is 10.1. The average molecular weight is 469 g/mol. The second kappa shape index (κ2) is 9.84. The van der Waals surface area contributed by atoms with Crippen LogP contribution in [0.15, 0.2) is 63.7 Å². The van der Waals surface area contributed by atoms with Gasteiger partial charge in [-0.15, -0.1) is 21.5 Å². The zero-order valence-electron chi connectivity index (χ0n) is 17.4. The van der Waals surface area contributed by atoms with E-state index in [9.17, 15) is 9.59 Å². The van der Waals surface area contributed by atoms with Gasteiger partial charge in [-0.3, -0.25) is 9.36 Å². The molecule has 0 radical (unpaired) electrons.